The van der Waals surface area contributed by atoms with Crippen molar-refractivity contribution in [3.8, 4) is 11.3 Å². The molecule has 2 N–H and O–H groups in total. The Balaban J connectivity index is 1.21. The molecule has 0 radical (unpaired) electrons. The Morgan fingerprint density at radius 1 is 1.19 bits per heavy atom. The smallest absolute Gasteiger partial charge is 0.234 e. The van der Waals surface area contributed by atoms with Crippen LogP contribution in [0.15, 0.2) is 12.5 Å². The van der Waals surface area contributed by atoms with Crippen molar-refractivity contribution in [3.05, 3.63) is 39.7 Å². The van der Waals surface area contributed by atoms with Crippen molar-refractivity contribution in [2.24, 2.45) is 5.92 Å². The average molecular weight is 517 g/mol. The summed E-state index contributed by atoms with van der Waals surface area (Å²) in [6.07, 6.45) is 8.47. The standard InChI is InChI=1S/C29H36N6OS/c1-14(2)24-25-17(5)27(21-9-20-8-18(21)10-34(20)12-23(36)32-19-6-7-19)37-29(25)33-26(24)22-11-35-28(30-13-31-35)16(4)15(22)3/h11,13-14,18-21,33H,6-10,12H2,1-5H3,(H,32,36)/t18-,20?,21+/m0/s1. The molecule has 8 heteroatoms. The highest BCUT2D eigenvalue weighted by Gasteiger charge is 2.47. The number of carbonyl (C=O) groups excluding carboxylic acids is 1. The van der Waals surface area contributed by atoms with Gasteiger partial charge < -0.3 is 10.3 Å². The van der Waals surface area contributed by atoms with E-state index in [1.165, 1.54) is 56.6 Å². The van der Waals surface area contributed by atoms with Crippen molar-refractivity contribution in [2.45, 2.75) is 84.2 Å². The third kappa shape index (κ3) is 3.67. The first kappa shape index (κ1) is 23.4. The van der Waals surface area contributed by atoms with Gasteiger partial charge in [-0.3, -0.25) is 9.69 Å². The van der Waals surface area contributed by atoms with Crippen LogP contribution in [0, 0.1) is 26.7 Å². The summed E-state index contributed by atoms with van der Waals surface area (Å²) in [7, 11) is 0. The first-order valence-electron chi connectivity index (χ1n) is 13.8. The molecule has 7 nitrogen and oxygen atoms in total. The number of rotatable bonds is 6. The number of aromatic nitrogens is 4. The van der Waals surface area contributed by atoms with Gasteiger partial charge in [0.25, 0.3) is 0 Å². The first-order valence-corrected chi connectivity index (χ1v) is 14.6. The number of nitrogens with one attached hydrogen (secondary N) is 2. The van der Waals surface area contributed by atoms with Crippen LogP contribution in [0.1, 0.15) is 78.5 Å². The summed E-state index contributed by atoms with van der Waals surface area (Å²) >= 11 is 1.97. The molecule has 194 valence electrons. The molecule has 0 aromatic carbocycles. The van der Waals surface area contributed by atoms with Crippen molar-refractivity contribution in [1.82, 2.24) is 29.8 Å². The van der Waals surface area contributed by atoms with Gasteiger partial charge in [-0.05, 0) is 86.5 Å². The van der Waals surface area contributed by atoms with Crippen molar-refractivity contribution in [3.63, 3.8) is 0 Å². The van der Waals surface area contributed by atoms with Crippen LogP contribution in [0.2, 0.25) is 0 Å². The zero-order chi connectivity index (χ0) is 25.6. The van der Waals surface area contributed by atoms with Crippen LogP contribution in [-0.2, 0) is 4.79 Å². The third-order valence-electron chi connectivity index (χ3n) is 9.22. The lowest BCUT2D eigenvalue weighted by Gasteiger charge is -2.31. The molecule has 1 amide bonds. The second-order valence-corrected chi connectivity index (χ2v) is 13.0. The molecule has 3 fully saturated rings. The number of nitrogens with zero attached hydrogens (tertiary/aromatic N) is 4. The maximum absolute atomic E-state index is 12.4. The van der Waals surface area contributed by atoms with Gasteiger partial charge in [-0.15, -0.1) is 11.3 Å². The van der Waals surface area contributed by atoms with Gasteiger partial charge in [0, 0.05) is 40.7 Å². The van der Waals surface area contributed by atoms with E-state index in [1.54, 1.807) is 11.2 Å². The number of pyridine rings is 1. The van der Waals surface area contributed by atoms with Crippen LogP contribution < -0.4 is 5.32 Å². The highest BCUT2D eigenvalue weighted by molar-refractivity contribution is 7.19. The van der Waals surface area contributed by atoms with E-state index in [0.717, 1.165) is 25.0 Å². The largest absolute Gasteiger partial charge is 0.352 e. The molecule has 1 aliphatic heterocycles. The molecule has 1 saturated heterocycles. The Bertz CT molecular complexity index is 1540. The number of likely N-dealkylation sites (tertiary alicyclic amines) is 1. The molecular formula is C29H36N6OS. The summed E-state index contributed by atoms with van der Waals surface area (Å²) in [5, 5.41) is 9.02. The molecule has 0 spiro atoms. The predicted molar refractivity (Wildman–Crippen MR) is 148 cm³/mol. The Labute approximate surface area is 221 Å². The summed E-state index contributed by atoms with van der Waals surface area (Å²) in [4.78, 5) is 26.0. The topological polar surface area (TPSA) is 78.3 Å². The molecule has 7 rings (SSSR count). The van der Waals surface area contributed by atoms with E-state index in [-0.39, 0.29) is 5.91 Å². The van der Waals surface area contributed by atoms with Gasteiger partial charge in [-0.2, -0.15) is 5.10 Å². The quantitative estimate of drug-likeness (QED) is 0.358. The van der Waals surface area contributed by atoms with Gasteiger partial charge in [0.1, 0.15) is 11.2 Å². The highest BCUT2D eigenvalue weighted by Crippen LogP contribution is 2.53. The number of hydrogen-bond donors (Lipinski definition) is 2. The zero-order valence-corrected chi connectivity index (χ0v) is 23.2. The predicted octanol–water partition coefficient (Wildman–Crippen LogP) is 5.44. The van der Waals surface area contributed by atoms with Crippen molar-refractivity contribution < 1.29 is 4.79 Å². The lowest BCUT2D eigenvalue weighted by molar-refractivity contribution is -0.122. The van der Waals surface area contributed by atoms with E-state index in [2.05, 4.69) is 66.1 Å². The molecule has 4 aromatic heterocycles. The van der Waals surface area contributed by atoms with E-state index >= 15 is 0 Å². The van der Waals surface area contributed by atoms with E-state index in [0.29, 0.717) is 36.4 Å². The van der Waals surface area contributed by atoms with Gasteiger partial charge in [0.2, 0.25) is 5.91 Å². The van der Waals surface area contributed by atoms with Crippen molar-refractivity contribution >= 4 is 33.1 Å². The maximum Gasteiger partial charge on any atom is 0.234 e. The normalized spacial score (nSPS) is 23.8. The number of carbonyl (C=O) groups is 1. The van der Waals surface area contributed by atoms with Crippen LogP contribution in [0.4, 0.5) is 0 Å². The Morgan fingerprint density at radius 3 is 2.70 bits per heavy atom. The van der Waals surface area contributed by atoms with Crippen molar-refractivity contribution in [1.29, 1.82) is 0 Å². The molecule has 4 aromatic rings. The summed E-state index contributed by atoms with van der Waals surface area (Å²) < 4.78 is 1.90. The minimum atomic E-state index is 0.218. The van der Waals surface area contributed by atoms with Gasteiger partial charge in [0.05, 0.1) is 12.2 Å². The SMILES string of the molecule is Cc1c(-c2[nH]c3sc([C@@H]4CC5C[C@H]4CN5CC(=O)NC4CC4)c(C)c3c2C(C)C)cn2ncnc2c1C. The molecule has 3 aliphatic rings. The highest BCUT2D eigenvalue weighted by atomic mass is 32.1. The number of fused-ring (bicyclic) bond motifs is 4. The molecule has 2 bridgehead atoms. The Kier molecular flexibility index (Phi) is 5.31. The maximum atomic E-state index is 12.4. The van der Waals surface area contributed by atoms with Crippen molar-refractivity contribution in [2.75, 3.05) is 13.1 Å². The van der Waals surface area contributed by atoms with Crippen LogP contribution in [-0.4, -0.2) is 55.6 Å². The lowest BCUT2D eigenvalue weighted by Crippen LogP contribution is -2.42. The molecular weight excluding hydrogens is 480 g/mol. The third-order valence-corrected chi connectivity index (χ3v) is 10.6. The monoisotopic (exact) mass is 516 g/mol. The number of H-pyrrole nitrogens is 1. The minimum Gasteiger partial charge on any atom is -0.352 e. The molecule has 2 saturated carbocycles. The molecule has 1 unspecified atom stereocenters. The zero-order valence-electron chi connectivity index (χ0n) is 22.4. The second-order valence-electron chi connectivity index (χ2n) is 11.9. The van der Waals surface area contributed by atoms with E-state index in [1.807, 2.05) is 15.9 Å². The number of aromatic amines is 1. The number of aryl methyl sites for hydroxylation is 2. The van der Waals surface area contributed by atoms with E-state index in [9.17, 15) is 4.79 Å². The lowest BCUT2D eigenvalue weighted by atomic mass is 9.88. The summed E-state index contributed by atoms with van der Waals surface area (Å²) in [5.41, 5.74) is 8.67. The molecule has 5 heterocycles. The van der Waals surface area contributed by atoms with Crippen LogP contribution in [0.5, 0.6) is 0 Å². The van der Waals surface area contributed by atoms with Crippen LogP contribution in [0.25, 0.3) is 27.1 Å². The van der Waals surface area contributed by atoms with Crippen LogP contribution >= 0.6 is 11.3 Å². The summed E-state index contributed by atoms with van der Waals surface area (Å²) in [6, 6.07) is 0.988. The van der Waals surface area contributed by atoms with Gasteiger partial charge in [0.15, 0.2) is 5.65 Å². The van der Waals surface area contributed by atoms with Gasteiger partial charge >= 0.3 is 0 Å². The number of hydrogen-bond acceptors (Lipinski definition) is 5. The Hall–Kier alpha value is -2.71. The number of piperidine rings is 1. The fourth-order valence-electron chi connectivity index (χ4n) is 7.09. The summed E-state index contributed by atoms with van der Waals surface area (Å²) in [5.74, 6) is 1.88. The Morgan fingerprint density at radius 2 is 2.00 bits per heavy atom. The number of amides is 1. The molecule has 2 aliphatic carbocycles. The average Bonchev–Trinajstić information content (AvgIpc) is 3.28. The first-order chi connectivity index (χ1) is 17.8. The summed E-state index contributed by atoms with van der Waals surface area (Å²) in [6.45, 7) is 12.9. The number of thiophene rings is 1. The second kappa shape index (κ2) is 8.40. The minimum absolute atomic E-state index is 0.218. The van der Waals surface area contributed by atoms with Gasteiger partial charge in [-0.25, -0.2) is 9.50 Å². The van der Waals surface area contributed by atoms with E-state index < -0.39 is 0 Å². The fourth-order valence-corrected chi connectivity index (χ4v) is 8.53. The molecule has 37 heavy (non-hydrogen) atoms. The molecule has 3 atom stereocenters. The van der Waals surface area contributed by atoms with E-state index in [4.69, 9.17) is 0 Å². The fraction of sp³-hybridized carbons (Fsp3) is 0.552. The van der Waals surface area contributed by atoms with Gasteiger partial charge in [-0.1, -0.05) is 13.8 Å². The van der Waals surface area contributed by atoms with Crippen LogP contribution in [0.3, 0.4) is 0 Å².